The van der Waals surface area contributed by atoms with E-state index in [0.717, 1.165) is 0 Å². The predicted molar refractivity (Wildman–Crippen MR) is 99.4 cm³/mol. The molecule has 0 bridgehead atoms. The van der Waals surface area contributed by atoms with Crippen molar-refractivity contribution < 1.29 is 0 Å². The molecule has 0 aliphatic rings. The molecule has 0 spiro atoms. The number of hydrogen-bond acceptors (Lipinski definition) is 0. The molecule has 0 heterocycles. The molecular formula is C18H28Sn2. The van der Waals surface area contributed by atoms with E-state index in [9.17, 15) is 0 Å². The Bertz CT molecular complexity index is 596. The Labute approximate surface area is 132 Å². The summed E-state index contributed by atoms with van der Waals surface area (Å²) in [4.78, 5) is 15.2. The Hall–Kier alpha value is 0.297. The first-order valence-electron chi connectivity index (χ1n) is 7.56. The molecule has 108 valence electrons. The van der Waals surface area contributed by atoms with Crippen LogP contribution in [0.15, 0.2) is 24.3 Å². The van der Waals surface area contributed by atoms with Gasteiger partial charge < -0.3 is 0 Å². The van der Waals surface area contributed by atoms with Gasteiger partial charge in [-0.05, 0) is 0 Å². The van der Waals surface area contributed by atoms with E-state index in [1.165, 1.54) is 11.1 Å². The fourth-order valence-electron chi connectivity index (χ4n) is 2.99. The van der Waals surface area contributed by atoms with Gasteiger partial charge in [-0.25, -0.2) is 0 Å². The van der Waals surface area contributed by atoms with Gasteiger partial charge in [0, 0.05) is 0 Å². The minimum atomic E-state index is -2.08. The topological polar surface area (TPSA) is 0 Å². The quantitative estimate of drug-likeness (QED) is 0.552. The van der Waals surface area contributed by atoms with Crippen molar-refractivity contribution in [3.8, 4) is 0 Å². The molecule has 0 aliphatic carbocycles. The first-order chi connectivity index (χ1) is 9.00. The molecule has 0 unspecified atom stereocenters. The molecule has 2 aromatic carbocycles. The van der Waals surface area contributed by atoms with E-state index >= 15 is 0 Å². The number of rotatable bonds is 2. The zero-order chi connectivity index (χ0) is 15.3. The molecule has 0 saturated heterocycles. The van der Waals surface area contributed by atoms with Gasteiger partial charge in [-0.3, -0.25) is 0 Å². The van der Waals surface area contributed by atoms with Gasteiger partial charge in [0.1, 0.15) is 0 Å². The SMILES string of the molecule is Cc1c[c]([Sn]([CH3])([CH3])[CH3])c2cc(C)c[c]([Sn]([CH3])([CH3])[CH3])c2c1. The standard InChI is InChI=1S/C12H10.6CH3.2Sn/c1-9-3-5-12-8-10(2)4-6-11(12)7-9;;;;;;;;/h3-4,7-8H,1-2H3;6*1H3;;. The summed E-state index contributed by atoms with van der Waals surface area (Å²) in [5.74, 6) is 0. The van der Waals surface area contributed by atoms with Gasteiger partial charge in [-0.15, -0.1) is 0 Å². The fraction of sp³-hybridized carbons (Fsp3) is 0.444. The Morgan fingerprint density at radius 3 is 1.10 bits per heavy atom. The molecule has 0 N–H and O–H groups in total. The second kappa shape index (κ2) is 5.49. The van der Waals surface area contributed by atoms with Crippen molar-refractivity contribution in [2.24, 2.45) is 0 Å². The molecular weight excluding hydrogens is 454 g/mol. The van der Waals surface area contributed by atoms with Crippen molar-refractivity contribution in [3.05, 3.63) is 35.4 Å². The number of fused-ring (bicyclic) bond motifs is 1. The first kappa shape index (κ1) is 16.7. The van der Waals surface area contributed by atoms with E-state index in [4.69, 9.17) is 0 Å². The molecule has 0 atom stereocenters. The van der Waals surface area contributed by atoms with Crippen LogP contribution in [-0.2, 0) is 0 Å². The fourth-order valence-corrected chi connectivity index (χ4v) is 12.6. The summed E-state index contributed by atoms with van der Waals surface area (Å²) in [7, 11) is 0. The second-order valence-corrected chi connectivity index (χ2v) is 37.0. The van der Waals surface area contributed by atoms with Gasteiger partial charge >= 0.3 is 134 Å². The van der Waals surface area contributed by atoms with Crippen LogP contribution in [0.2, 0.25) is 29.6 Å². The van der Waals surface area contributed by atoms with E-state index in [2.05, 4.69) is 67.8 Å². The van der Waals surface area contributed by atoms with Gasteiger partial charge in [0.2, 0.25) is 0 Å². The summed E-state index contributed by atoms with van der Waals surface area (Å²) in [6, 6.07) is 9.82. The molecule has 20 heavy (non-hydrogen) atoms. The summed E-state index contributed by atoms with van der Waals surface area (Å²) < 4.78 is 3.41. The number of hydrogen-bond donors (Lipinski definition) is 0. The van der Waals surface area contributed by atoms with Crippen LogP contribution in [0.3, 0.4) is 0 Å². The normalized spacial score (nSPS) is 13.0. The van der Waals surface area contributed by atoms with Crippen LogP contribution in [0.5, 0.6) is 0 Å². The molecule has 0 aliphatic heterocycles. The molecule has 0 radical (unpaired) electrons. The molecule has 0 nitrogen and oxygen atoms in total. The van der Waals surface area contributed by atoms with E-state index in [1.54, 1.807) is 17.9 Å². The van der Waals surface area contributed by atoms with Crippen molar-refractivity contribution in [2.45, 2.75) is 43.5 Å². The van der Waals surface area contributed by atoms with Crippen molar-refractivity contribution in [1.29, 1.82) is 0 Å². The van der Waals surface area contributed by atoms with Crippen LogP contribution in [0.4, 0.5) is 0 Å². The molecule has 2 aromatic rings. The van der Waals surface area contributed by atoms with Gasteiger partial charge in [-0.1, -0.05) is 0 Å². The Balaban J connectivity index is 2.97. The van der Waals surface area contributed by atoms with E-state index in [1.807, 2.05) is 0 Å². The second-order valence-electron chi connectivity index (χ2n) is 8.22. The monoisotopic (exact) mass is 484 g/mol. The average molecular weight is 482 g/mol. The summed E-state index contributed by atoms with van der Waals surface area (Å²) in [6.07, 6.45) is 0. The van der Waals surface area contributed by atoms with Crippen molar-refractivity contribution >= 4 is 54.7 Å². The third kappa shape index (κ3) is 3.37. The van der Waals surface area contributed by atoms with Crippen molar-refractivity contribution in [3.63, 3.8) is 0 Å². The van der Waals surface area contributed by atoms with Crippen LogP contribution in [0.25, 0.3) is 10.8 Å². The molecule has 0 saturated carbocycles. The van der Waals surface area contributed by atoms with E-state index in [-0.39, 0.29) is 0 Å². The minimum absolute atomic E-state index is 1.44. The van der Waals surface area contributed by atoms with Gasteiger partial charge in [0.05, 0.1) is 0 Å². The first-order valence-corrected chi connectivity index (χ1v) is 27.5. The number of benzene rings is 2. The third-order valence-electron chi connectivity index (χ3n) is 3.97. The van der Waals surface area contributed by atoms with Crippen LogP contribution >= 0.6 is 0 Å². The molecule has 0 amide bonds. The van der Waals surface area contributed by atoms with Gasteiger partial charge in [0.15, 0.2) is 0 Å². The summed E-state index contributed by atoms with van der Waals surface area (Å²) >= 11 is -4.17. The van der Waals surface area contributed by atoms with E-state index < -0.39 is 36.8 Å². The molecule has 2 rings (SSSR count). The predicted octanol–water partition coefficient (Wildman–Crippen LogP) is 4.55. The number of aryl methyl sites for hydroxylation is 2. The van der Waals surface area contributed by atoms with Crippen LogP contribution in [0.1, 0.15) is 11.1 Å². The molecule has 2 heteroatoms. The van der Waals surface area contributed by atoms with Crippen molar-refractivity contribution in [2.75, 3.05) is 0 Å². The zero-order valence-corrected chi connectivity index (χ0v) is 20.0. The van der Waals surface area contributed by atoms with Crippen LogP contribution in [-0.4, -0.2) is 36.8 Å². The Morgan fingerprint density at radius 2 is 0.850 bits per heavy atom. The Kier molecular flexibility index (Phi) is 4.58. The summed E-state index contributed by atoms with van der Waals surface area (Å²) in [6.45, 7) is 4.53. The third-order valence-corrected chi connectivity index (χ3v) is 15.6. The zero-order valence-electron chi connectivity index (χ0n) is 14.3. The van der Waals surface area contributed by atoms with Crippen molar-refractivity contribution in [1.82, 2.24) is 0 Å². The van der Waals surface area contributed by atoms with Gasteiger partial charge in [0.25, 0.3) is 0 Å². The van der Waals surface area contributed by atoms with Crippen LogP contribution < -0.4 is 7.16 Å². The Morgan fingerprint density at radius 1 is 0.550 bits per heavy atom. The maximum atomic E-state index is 2.53. The molecule has 0 fully saturated rings. The summed E-state index contributed by atoms with van der Waals surface area (Å²) in [5.41, 5.74) is 2.89. The van der Waals surface area contributed by atoms with E-state index in [0.29, 0.717) is 0 Å². The van der Waals surface area contributed by atoms with Gasteiger partial charge in [-0.2, -0.15) is 0 Å². The maximum absolute atomic E-state index is 2.53. The molecule has 0 aromatic heterocycles. The summed E-state index contributed by atoms with van der Waals surface area (Å²) in [5, 5.41) is 3.14. The van der Waals surface area contributed by atoms with Crippen LogP contribution in [0, 0.1) is 13.8 Å². The average Bonchev–Trinajstić information content (AvgIpc) is 2.25.